The first-order valence-electron chi connectivity index (χ1n) is 7.82. The van der Waals surface area contributed by atoms with Gasteiger partial charge in [0.15, 0.2) is 5.65 Å². The van der Waals surface area contributed by atoms with Crippen LogP contribution in [0.2, 0.25) is 0 Å². The Hall–Kier alpha value is -2.36. The van der Waals surface area contributed by atoms with Crippen molar-refractivity contribution in [3.8, 4) is 0 Å². The maximum atomic E-state index is 13.4. The van der Waals surface area contributed by atoms with E-state index < -0.39 is 18.0 Å². The Labute approximate surface area is 150 Å². The topological polar surface area (TPSA) is 69.4 Å². The smallest absolute Gasteiger partial charge is 0.452 e. The van der Waals surface area contributed by atoms with Gasteiger partial charge in [-0.2, -0.15) is 13.2 Å². The SMILES string of the molecule is CCOC(=O)c1cccc2c1nc(SC(C)C)c1nnc(C(F)(F)F)n12. The minimum atomic E-state index is -4.70. The predicted molar refractivity (Wildman–Crippen MR) is 90.2 cm³/mol. The van der Waals surface area contributed by atoms with Gasteiger partial charge in [0.1, 0.15) is 10.5 Å². The number of esters is 1. The number of fused-ring (bicyclic) bond motifs is 3. The maximum Gasteiger partial charge on any atom is 0.452 e. The van der Waals surface area contributed by atoms with Gasteiger partial charge in [-0.3, -0.25) is 4.40 Å². The first-order chi connectivity index (χ1) is 12.2. The van der Waals surface area contributed by atoms with Gasteiger partial charge in [-0.15, -0.1) is 10.2 Å². The Kier molecular flexibility index (Phi) is 4.78. The largest absolute Gasteiger partial charge is 0.462 e. The summed E-state index contributed by atoms with van der Waals surface area (Å²) in [7, 11) is 0. The van der Waals surface area contributed by atoms with Crippen molar-refractivity contribution in [2.75, 3.05) is 6.61 Å². The van der Waals surface area contributed by atoms with Gasteiger partial charge in [0, 0.05) is 5.25 Å². The number of hydrogen-bond acceptors (Lipinski definition) is 6. The molecule has 0 aliphatic heterocycles. The zero-order chi connectivity index (χ0) is 19.1. The van der Waals surface area contributed by atoms with Crippen LogP contribution in [0.1, 0.15) is 37.0 Å². The average molecular weight is 384 g/mol. The summed E-state index contributed by atoms with van der Waals surface area (Å²) in [5.74, 6) is -1.81. The van der Waals surface area contributed by atoms with Crippen LogP contribution in [0.15, 0.2) is 23.2 Å². The molecule has 0 atom stereocenters. The van der Waals surface area contributed by atoms with E-state index >= 15 is 0 Å². The van der Waals surface area contributed by atoms with Crippen molar-refractivity contribution in [2.24, 2.45) is 0 Å². The number of carbonyl (C=O) groups excluding carboxylic acids is 1. The number of ether oxygens (including phenoxy) is 1. The molecule has 3 aromatic rings. The number of alkyl halides is 3. The first-order valence-corrected chi connectivity index (χ1v) is 8.70. The van der Waals surface area contributed by atoms with E-state index in [1.807, 2.05) is 13.8 Å². The Morgan fingerprint density at radius 2 is 2.04 bits per heavy atom. The Morgan fingerprint density at radius 3 is 2.65 bits per heavy atom. The second-order valence-corrected chi connectivity index (χ2v) is 7.22. The zero-order valence-corrected chi connectivity index (χ0v) is 15.0. The number of thioether (sulfide) groups is 1. The van der Waals surface area contributed by atoms with Crippen LogP contribution in [0.25, 0.3) is 16.7 Å². The summed E-state index contributed by atoms with van der Waals surface area (Å²) in [5, 5.41) is 7.32. The summed E-state index contributed by atoms with van der Waals surface area (Å²) in [6, 6.07) is 4.40. The molecule has 0 amide bonds. The number of para-hydroxylation sites is 1. The fraction of sp³-hybridized carbons (Fsp3) is 0.375. The molecule has 6 nitrogen and oxygen atoms in total. The minimum absolute atomic E-state index is 0.00420. The van der Waals surface area contributed by atoms with Crippen LogP contribution in [0, 0.1) is 0 Å². The highest BCUT2D eigenvalue weighted by Gasteiger charge is 2.38. The molecule has 0 saturated heterocycles. The highest BCUT2D eigenvalue weighted by molar-refractivity contribution is 8.00. The Balaban J connectivity index is 2.42. The van der Waals surface area contributed by atoms with Gasteiger partial charge in [-0.25, -0.2) is 9.78 Å². The Morgan fingerprint density at radius 1 is 1.31 bits per heavy atom. The molecule has 3 rings (SSSR count). The molecule has 0 spiro atoms. The van der Waals surface area contributed by atoms with E-state index in [0.717, 1.165) is 4.40 Å². The molecule has 138 valence electrons. The molecular weight excluding hydrogens is 369 g/mol. The van der Waals surface area contributed by atoms with Crippen LogP contribution in [-0.2, 0) is 10.9 Å². The molecule has 0 N–H and O–H groups in total. The third-order valence-electron chi connectivity index (χ3n) is 3.42. The van der Waals surface area contributed by atoms with Crippen molar-refractivity contribution >= 4 is 34.4 Å². The number of nitrogens with zero attached hydrogens (tertiary/aromatic N) is 4. The molecule has 0 saturated carbocycles. The van der Waals surface area contributed by atoms with Gasteiger partial charge in [-0.05, 0) is 19.1 Å². The van der Waals surface area contributed by atoms with Gasteiger partial charge in [0.05, 0.1) is 17.7 Å². The quantitative estimate of drug-likeness (QED) is 0.501. The van der Waals surface area contributed by atoms with Crippen molar-refractivity contribution in [2.45, 2.75) is 37.2 Å². The summed E-state index contributed by atoms with van der Waals surface area (Å²) < 4.78 is 46.1. The third kappa shape index (κ3) is 3.20. The van der Waals surface area contributed by atoms with Gasteiger partial charge in [0.2, 0.25) is 5.82 Å². The molecule has 0 fully saturated rings. The van der Waals surface area contributed by atoms with Gasteiger partial charge in [0.25, 0.3) is 0 Å². The van der Waals surface area contributed by atoms with Crippen LogP contribution < -0.4 is 0 Å². The van der Waals surface area contributed by atoms with Crippen molar-refractivity contribution in [3.05, 3.63) is 29.6 Å². The van der Waals surface area contributed by atoms with Crippen LogP contribution in [-0.4, -0.2) is 37.4 Å². The van der Waals surface area contributed by atoms with Crippen LogP contribution in [0.5, 0.6) is 0 Å². The predicted octanol–water partition coefficient (Wildman–Crippen LogP) is 3.97. The normalized spacial score (nSPS) is 12.3. The molecule has 0 unspecified atom stereocenters. The average Bonchev–Trinajstić information content (AvgIpc) is 3.00. The minimum Gasteiger partial charge on any atom is -0.462 e. The monoisotopic (exact) mass is 384 g/mol. The highest BCUT2D eigenvalue weighted by Crippen LogP contribution is 2.34. The number of hydrogen-bond donors (Lipinski definition) is 0. The van der Waals surface area contributed by atoms with Crippen LogP contribution in [0.3, 0.4) is 0 Å². The van der Waals surface area contributed by atoms with E-state index in [4.69, 9.17) is 4.74 Å². The zero-order valence-electron chi connectivity index (χ0n) is 14.2. The molecule has 0 bridgehead atoms. The number of carbonyl (C=O) groups is 1. The van der Waals surface area contributed by atoms with Crippen molar-refractivity contribution < 1.29 is 22.7 Å². The van der Waals surface area contributed by atoms with E-state index in [0.29, 0.717) is 0 Å². The Bertz CT molecular complexity index is 985. The highest BCUT2D eigenvalue weighted by atomic mass is 32.2. The standard InChI is InChI=1S/C16H15F3N4O2S/c1-4-25-14(24)9-6-5-7-10-11(9)20-13(26-8(2)3)12-21-22-15(23(10)12)16(17,18)19/h5-8H,4H2,1-3H3. The van der Waals surface area contributed by atoms with Crippen molar-refractivity contribution in [1.82, 2.24) is 19.6 Å². The summed E-state index contributed by atoms with van der Waals surface area (Å²) >= 11 is 1.25. The number of rotatable bonds is 4. The van der Waals surface area contributed by atoms with E-state index in [-0.39, 0.29) is 39.1 Å². The summed E-state index contributed by atoms with van der Waals surface area (Å²) in [6.07, 6.45) is -4.70. The maximum absolute atomic E-state index is 13.4. The van der Waals surface area contributed by atoms with E-state index in [9.17, 15) is 18.0 Å². The number of benzene rings is 1. The summed E-state index contributed by atoms with van der Waals surface area (Å²) in [6.45, 7) is 5.55. The van der Waals surface area contributed by atoms with Crippen LogP contribution in [0.4, 0.5) is 13.2 Å². The van der Waals surface area contributed by atoms with E-state index in [1.54, 1.807) is 6.92 Å². The molecule has 0 aliphatic rings. The van der Waals surface area contributed by atoms with Gasteiger partial charge >= 0.3 is 12.1 Å². The van der Waals surface area contributed by atoms with E-state index in [2.05, 4.69) is 15.2 Å². The molecule has 10 heteroatoms. The van der Waals surface area contributed by atoms with E-state index in [1.165, 1.54) is 30.0 Å². The lowest BCUT2D eigenvalue weighted by atomic mass is 10.1. The molecule has 2 aromatic heterocycles. The van der Waals surface area contributed by atoms with Gasteiger partial charge < -0.3 is 4.74 Å². The molecule has 0 radical (unpaired) electrons. The fourth-order valence-electron chi connectivity index (χ4n) is 2.49. The number of halogens is 3. The lowest BCUT2D eigenvalue weighted by Crippen LogP contribution is -2.13. The van der Waals surface area contributed by atoms with Gasteiger partial charge in [-0.1, -0.05) is 31.7 Å². The first kappa shape index (κ1) is 18.4. The lowest BCUT2D eigenvalue weighted by molar-refractivity contribution is -0.145. The van der Waals surface area contributed by atoms with Crippen molar-refractivity contribution in [1.29, 1.82) is 0 Å². The third-order valence-corrected chi connectivity index (χ3v) is 4.39. The van der Waals surface area contributed by atoms with Crippen LogP contribution >= 0.6 is 11.8 Å². The second-order valence-electron chi connectivity index (χ2n) is 5.66. The molecule has 1 aromatic carbocycles. The molecule has 2 heterocycles. The van der Waals surface area contributed by atoms with Crippen molar-refractivity contribution in [3.63, 3.8) is 0 Å². The molecule has 0 aliphatic carbocycles. The molecule has 26 heavy (non-hydrogen) atoms. The fourth-order valence-corrected chi connectivity index (χ4v) is 3.32. The summed E-state index contributed by atoms with van der Waals surface area (Å²) in [4.78, 5) is 16.6. The lowest BCUT2D eigenvalue weighted by Gasteiger charge is -2.12. The summed E-state index contributed by atoms with van der Waals surface area (Å²) in [5.41, 5.74) is 0.311. The molecular formula is C16H15F3N4O2S. The number of aromatic nitrogens is 4. The second kappa shape index (κ2) is 6.75.